The van der Waals surface area contributed by atoms with Crippen molar-refractivity contribution in [3.8, 4) is 11.1 Å². The predicted molar refractivity (Wildman–Crippen MR) is 136 cm³/mol. The van der Waals surface area contributed by atoms with Crippen LogP contribution >= 0.6 is 11.3 Å². The second-order valence-corrected chi connectivity index (χ2v) is 9.75. The zero-order valence-electron chi connectivity index (χ0n) is 20.2. The average molecular weight is 510 g/mol. The molecule has 1 aromatic heterocycles. The molecule has 1 fully saturated rings. The summed E-state index contributed by atoms with van der Waals surface area (Å²) in [5.41, 5.74) is 2.55. The Bertz CT molecular complexity index is 1240. The maximum atomic E-state index is 13.3. The Morgan fingerprint density at radius 3 is 2.53 bits per heavy atom. The minimum atomic E-state index is -0.415. The Balaban J connectivity index is 1.37. The minimum absolute atomic E-state index is 0.0436. The smallest absolute Gasteiger partial charge is 0.306 e. The second kappa shape index (κ2) is 11.4. The molecule has 4 rings (SSSR count). The maximum Gasteiger partial charge on any atom is 0.306 e. The zero-order chi connectivity index (χ0) is 25.7. The first kappa shape index (κ1) is 25.5. The van der Waals surface area contributed by atoms with Gasteiger partial charge in [-0.2, -0.15) is 0 Å². The molecule has 1 saturated heterocycles. The van der Waals surface area contributed by atoms with Crippen molar-refractivity contribution < 1.29 is 23.5 Å². The highest BCUT2D eigenvalue weighted by molar-refractivity contribution is 7.10. The minimum Gasteiger partial charge on any atom is -0.469 e. The molecule has 0 saturated carbocycles. The van der Waals surface area contributed by atoms with E-state index < -0.39 is 5.92 Å². The quantitative estimate of drug-likeness (QED) is 0.448. The van der Waals surface area contributed by atoms with Crippen molar-refractivity contribution in [2.75, 3.05) is 25.5 Å². The number of carbonyl (C=O) groups excluding carboxylic acids is 3. The fraction of sp³-hybridized carbons (Fsp3) is 0.333. The van der Waals surface area contributed by atoms with Crippen molar-refractivity contribution in [3.63, 3.8) is 0 Å². The lowest BCUT2D eigenvalue weighted by Gasteiger charge is -2.32. The summed E-state index contributed by atoms with van der Waals surface area (Å²) < 4.78 is 18.0. The first-order valence-corrected chi connectivity index (χ1v) is 12.7. The average Bonchev–Trinajstić information content (AvgIpc) is 3.40. The molecule has 0 radical (unpaired) electrons. The predicted octanol–water partition coefficient (Wildman–Crippen LogP) is 5.11. The van der Waals surface area contributed by atoms with Gasteiger partial charge in [-0.1, -0.05) is 37.3 Å². The number of ether oxygens (including phenoxy) is 1. The summed E-state index contributed by atoms with van der Waals surface area (Å²) in [6, 6.07) is 13.5. The van der Waals surface area contributed by atoms with E-state index in [9.17, 15) is 18.8 Å². The van der Waals surface area contributed by atoms with Gasteiger partial charge in [0, 0.05) is 41.6 Å². The number of benzene rings is 2. The zero-order valence-corrected chi connectivity index (χ0v) is 21.0. The van der Waals surface area contributed by atoms with Gasteiger partial charge in [-0.3, -0.25) is 14.4 Å². The van der Waals surface area contributed by atoms with E-state index in [0.717, 1.165) is 29.0 Å². The molecule has 2 amide bonds. The second-order valence-electron chi connectivity index (χ2n) is 8.86. The van der Waals surface area contributed by atoms with Crippen LogP contribution in [0, 0.1) is 11.7 Å². The number of hydrogen-bond acceptors (Lipinski definition) is 6. The first-order valence-electron chi connectivity index (χ1n) is 11.8. The highest BCUT2D eigenvalue weighted by Gasteiger charge is 2.29. The molecule has 2 heterocycles. The number of amides is 2. The number of anilines is 1. The molecule has 188 valence electrons. The topological polar surface area (TPSA) is 88.6 Å². The van der Waals surface area contributed by atoms with Crippen LogP contribution in [0.3, 0.4) is 0 Å². The van der Waals surface area contributed by atoms with Crippen molar-refractivity contribution in [1.29, 1.82) is 0 Å². The van der Waals surface area contributed by atoms with Crippen molar-refractivity contribution >= 4 is 34.8 Å². The van der Waals surface area contributed by atoms with Crippen LogP contribution in [0.15, 0.2) is 53.9 Å². The van der Waals surface area contributed by atoms with Crippen molar-refractivity contribution in [2.45, 2.75) is 32.1 Å². The van der Waals surface area contributed by atoms with Crippen molar-refractivity contribution in [2.24, 2.45) is 5.92 Å². The van der Waals surface area contributed by atoms with E-state index in [0.29, 0.717) is 24.5 Å². The highest BCUT2D eigenvalue weighted by atomic mass is 32.1. The van der Waals surface area contributed by atoms with E-state index >= 15 is 0 Å². The van der Waals surface area contributed by atoms with Gasteiger partial charge < -0.3 is 15.0 Å². The van der Waals surface area contributed by atoms with Crippen LogP contribution < -0.4 is 5.32 Å². The Kier molecular flexibility index (Phi) is 8.10. The summed E-state index contributed by atoms with van der Waals surface area (Å²) >= 11 is 1.45. The summed E-state index contributed by atoms with van der Waals surface area (Å²) in [5.74, 6) is -1.31. The Morgan fingerprint density at radius 2 is 1.83 bits per heavy atom. The summed E-state index contributed by atoms with van der Waals surface area (Å²) in [6.45, 7) is 2.91. The molecule has 3 aromatic rings. The first-order chi connectivity index (χ1) is 17.4. The SMILES string of the molecule is COC(=O)C[C@@H](C)C(=O)N1CCC(c2nc(C(=O)Nc3ccccc3-c3ccc(F)cc3)cs2)CC1. The van der Waals surface area contributed by atoms with Crippen LogP contribution in [0.2, 0.25) is 0 Å². The molecule has 9 heteroatoms. The maximum absolute atomic E-state index is 13.3. The number of nitrogens with one attached hydrogen (secondary N) is 1. The summed E-state index contributed by atoms with van der Waals surface area (Å²) in [7, 11) is 1.32. The Labute approximate surface area is 213 Å². The van der Waals surface area contributed by atoms with E-state index in [2.05, 4.69) is 15.0 Å². The van der Waals surface area contributed by atoms with Gasteiger partial charge in [-0.05, 0) is 36.6 Å². The van der Waals surface area contributed by atoms with Gasteiger partial charge in [0.2, 0.25) is 5.91 Å². The van der Waals surface area contributed by atoms with Gasteiger partial charge in [0.15, 0.2) is 0 Å². The van der Waals surface area contributed by atoms with Crippen molar-refractivity contribution in [1.82, 2.24) is 9.88 Å². The van der Waals surface area contributed by atoms with Gasteiger partial charge in [-0.15, -0.1) is 11.3 Å². The molecule has 0 aliphatic carbocycles. The third-order valence-corrected chi connectivity index (χ3v) is 7.37. The largest absolute Gasteiger partial charge is 0.469 e. The number of hydrogen-bond donors (Lipinski definition) is 1. The molecule has 2 aromatic carbocycles. The third-order valence-electron chi connectivity index (χ3n) is 6.36. The molecule has 1 N–H and O–H groups in total. The number of rotatable bonds is 7. The Morgan fingerprint density at radius 1 is 1.14 bits per heavy atom. The van der Waals surface area contributed by atoms with Crippen LogP contribution in [0.1, 0.15) is 47.6 Å². The number of aromatic nitrogens is 1. The summed E-state index contributed by atoms with van der Waals surface area (Å²) in [4.78, 5) is 43.5. The third kappa shape index (κ3) is 5.96. The number of nitrogens with zero attached hydrogens (tertiary/aromatic N) is 2. The number of methoxy groups -OCH3 is 1. The summed E-state index contributed by atoms with van der Waals surface area (Å²) in [6.07, 6.45) is 1.57. The number of esters is 1. The highest BCUT2D eigenvalue weighted by Crippen LogP contribution is 2.32. The van der Waals surface area contributed by atoms with Gasteiger partial charge >= 0.3 is 5.97 Å². The number of thiazole rings is 1. The van der Waals surface area contributed by atoms with Gasteiger partial charge in [0.1, 0.15) is 11.5 Å². The Hall–Kier alpha value is -3.59. The standard InChI is InChI=1S/C27H28FN3O4S/c1-17(15-24(32)35-2)27(34)31-13-11-19(12-14-31)26-30-23(16-36-26)25(33)29-22-6-4-3-5-21(22)18-7-9-20(28)10-8-18/h3-10,16-17,19H,11-15H2,1-2H3,(H,29,33)/t17-/m1/s1. The molecule has 36 heavy (non-hydrogen) atoms. The fourth-order valence-corrected chi connectivity index (χ4v) is 5.29. The normalized spacial score (nSPS) is 14.8. The van der Waals surface area contributed by atoms with Gasteiger partial charge in [0.25, 0.3) is 5.91 Å². The van der Waals surface area contributed by atoms with Crippen molar-refractivity contribution in [3.05, 3.63) is 70.4 Å². The van der Waals surface area contributed by atoms with Crippen LogP contribution in [-0.4, -0.2) is 47.9 Å². The van der Waals surface area contributed by atoms with E-state index in [4.69, 9.17) is 0 Å². The molecule has 0 bridgehead atoms. The lowest BCUT2D eigenvalue weighted by atomic mass is 9.96. The lowest BCUT2D eigenvalue weighted by molar-refractivity contribution is -0.146. The summed E-state index contributed by atoms with van der Waals surface area (Å²) in [5, 5.41) is 5.56. The van der Waals surface area contributed by atoms with E-state index in [-0.39, 0.29) is 35.9 Å². The molecule has 1 aliphatic rings. The lowest BCUT2D eigenvalue weighted by Crippen LogP contribution is -2.41. The van der Waals surface area contributed by atoms with Crippen LogP contribution in [0.5, 0.6) is 0 Å². The van der Waals surface area contributed by atoms with E-state index in [1.807, 2.05) is 18.2 Å². The number of likely N-dealkylation sites (tertiary alicyclic amines) is 1. The van der Waals surface area contributed by atoms with E-state index in [1.54, 1.807) is 35.4 Å². The molecule has 1 aliphatic heterocycles. The molecule has 1 atom stereocenters. The number of piperidine rings is 1. The van der Waals surface area contributed by atoms with Gasteiger partial charge in [0.05, 0.1) is 18.5 Å². The number of carbonyl (C=O) groups is 3. The number of halogens is 1. The molecular formula is C27H28FN3O4S. The molecular weight excluding hydrogens is 481 g/mol. The molecule has 0 unspecified atom stereocenters. The van der Waals surface area contributed by atoms with Crippen LogP contribution in [0.25, 0.3) is 11.1 Å². The fourth-order valence-electron chi connectivity index (χ4n) is 4.32. The van der Waals surface area contributed by atoms with Crippen LogP contribution in [-0.2, 0) is 14.3 Å². The number of para-hydroxylation sites is 1. The van der Waals surface area contributed by atoms with E-state index in [1.165, 1.54) is 30.6 Å². The van der Waals surface area contributed by atoms with Gasteiger partial charge in [-0.25, -0.2) is 9.37 Å². The molecule has 7 nitrogen and oxygen atoms in total. The van der Waals surface area contributed by atoms with Crippen LogP contribution in [0.4, 0.5) is 10.1 Å². The molecule has 0 spiro atoms. The monoisotopic (exact) mass is 509 g/mol.